The van der Waals surface area contributed by atoms with Crippen LogP contribution in [-0.2, 0) is 11.3 Å². The van der Waals surface area contributed by atoms with Crippen molar-refractivity contribution in [1.29, 1.82) is 0 Å². The molecule has 1 saturated heterocycles. The Bertz CT molecular complexity index is 1060. The number of carbonyl (C=O) groups is 2. The van der Waals surface area contributed by atoms with Crippen LogP contribution in [0.5, 0.6) is 0 Å². The van der Waals surface area contributed by atoms with E-state index in [1.807, 2.05) is 49.4 Å². The maximum atomic E-state index is 12.8. The van der Waals surface area contributed by atoms with Crippen molar-refractivity contribution in [3.63, 3.8) is 0 Å². The first kappa shape index (κ1) is 19.8. The fourth-order valence-electron chi connectivity index (χ4n) is 3.86. The molecule has 0 aliphatic carbocycles. The highest BCUT2D eigenvalue weighted by atomic mass is 16.2. The molecule has 3 N–H and O–H groups in total. The van der Waals surface area contributed by atoms with Crippen molar-refractivity contribution in [2.75, 3.05) is 11.9 Å². The van der Waals surface area contributed by atoms with Crippen molar-refractivity contribution in [2.24, 2.45) is 5.73 Å². The molecule has 3 aromatic rings. The molecule has 0 spiro atoms. The zero-order valence-corrected chi connectivity index (χ0v) is 16.8. The maximum Gasteiger partial charge on any atom is 0.259 e. The molecule has 1 aliphatic heterocycles. The van der Waals surface area contributed by atoms with Crippen LogP contribution < -0.4 is 11.1 Å². The van der Waals surface area contributed by atoms with Gasteiger partial charge in [0.1, 0.15) is 0 Å². The summed E-state index contributed by atoms with van der Waals surface area (Å²) in [6.45, 7) is 3.30. The Morgan fingerprint density at radius 1 is 1.23 bits per heavy atom. The van der Waals surface area contributed by atoms with Crippen molar-refractivity contribution < 1.29 is 9.59 Å². The molecule has 30 heavy (non-hydrogen) atoms. The highest BCUT2D eigenvalue weighted by Crippen LogP contribution is 2.22. The lowest BCUT2D eigenvalue weighted by Crippen LogP contribution is -2.39. The Morgan fingerprint density at radius 2 is 2.10 bits per heavy atom. The summed E-state index contributed by atoms with van der Waals surface area (Å²) in [6.07, 6.45) is 4.99. The number of anilines is 1. The molecule has 2 aromatic heterocycles. The third-order valence-corrected chi connectivity index (χ3v) is 5.38. The van der Waals surface area contributed by atoms with Crippen LogP contribution >= 0.6 is 0 Å². The number of hydrogen-bond acceptors (Lipinski definition) is 5. The fourth-order valence-corrected chi connectivity index (χ4v) is 3.86. The number of rotatable bonds is 6. The zero-order valence-electron chi connectivity index (χ0n) is 16.8. The molecule has 0 saturated carbocycles. The number of nitrogens with one attached hydrogen (secondary N) is 1. The first-order valence-electron chi connectivity index (χ1n) is 9.92. The van der Waals surface area contributed by atoms with Crippen molar-refractivity contribution in [3.05, 3.63) is 71.7 Å². The molecule has 3 heterocycles. The second-order valence-electron chi connectivity index (χ2n) is 7.43. The summed E-state index contributed by atoms with van der Waals surface area (Å²) in [5, 5.41) is 7.24. The van der Waals surface area contributed by atoms with E-state index < -0.39 is 0 Å². The molecular formula is C22H24N6O2. The molecular weight excluding hydrogens is 380 g/mol. The van der Waals surface area contributed by atoms with Crippen molar-refractivity contribution in [3.8, 4) is 5.82 Å². The van der Waals surface area contributed by atoms with Gasteiger partial charge in [-0.15, -0.1) is 0 Å². The standard InChI is InChI=1S/C22H24N6O2/c1-15-18(13-25-28(15)20-9-2-3-10-24-20)22(30)26-17-7-4-6-16(12-17)14-27-11-5-8-19(27)21(23)29/h2-4,6-7,9-10,12-13,19H,5,8,11,14H2,1H3,(H2,23,29)(H,26,30). The summed E-state index contributed by atoms with van der Waals surface area (Å²) < 4.78 is 1.64. The Labute approximate surface area is 174 Å². The molecule has 1 atom stereocenters. The Morgan fingerprint density at radius 3 is 2.87 bits per heavy atom. The lowest BCUT2D eigenvalue weighted by molar-refractivity contribution is -0.122. The molecule has 1 fully saturated rings. The number of pyridine rings is 1. The third kappa shape index (κ3) is 4.08. The first-order chi connectivity index (χ1) is 14.5. The van der Waals surface area contributed by atoms with Crippen LogP contribution in [0.1, 0.15) is 34.5 Å². The van der Waals surface area contributed by atoms with Gasteiger partial charge in [0.25, 0.3) is 5.91 Å². The molecule has 0 radical (unpaired) electrons. The summed E-state index contributed by atoms with van der Waals surface area (Å²) in [6, 6.07) is 13.0. The molecule has 1 aromatic carbocycles. The Hall–Kier alpha value is -3.52. The summed E-state index contributed by atoms with van der Waals surface area (Å²) in [7, 11) is 0. The number of carbonyl (C=O) groups excluding carboxylic acids is 2. The fraction of sp³-hybridized carbons (Fsp3) is 0.273. The van der Waals surface area contributed by atoms with Gasteiger partial charge in [0.05, 0.1) is 23.5 Å². The molecule has 0 bridgehead atoms. The van der Waals surface area contributed by atoms with E-state index in [9.17, 15) is 9.59 Å². The van der Waals surface area contributed by atoms with Gasteiger partial charge in [-0.3, -0.25) is 14.5 Å². The second-order valence-corrected chi connectivity index (χ2v) is 7.43. The number of nitrogens with two attached hydrogens (primary N) is 1. The van der Waals surface area contributed by atoms with Gasteiger partial charge in [-0.2, -0.15) is 5.10 Å². The summed E-state index contributed by atoms with van der Waals surface area (Å²) in [5.74, 6) is 0.144. The van der Waals surface area contributed by atoms with Crippen LogP contribution in [0.2, 0.25) is 0 Å². The topological polar surface area (TPSA) is 106 Å². The van der Waals surface area contributed by atoms with Gasteiger partial charge >= 0.3 is 0 Å². The van der Waals surface area contributed by atoms with Crippen LogP contribution in [0.4, 0.5) is 5.69 Å². The molecule has 8 nitrogen and oxygen atoms in total. The first-order valence-corrected chi connectivity index (χ1v) is 9.92. The van der Waals surface area contributed by atoms with Crippen molar-refractivity contribution in [1.82, 2.24) is 19.7 Å². The quantitative estimate of drug-likeness (QED) is 0.656. The SMILES string of the molecule is Cc1c(C(=O)Nc2cccc(CN3CCCC3C(N)=O)c2)cnn1-c1ccccn1. The molecule has 4 rings (SSSR count). The third-order valence-electron chi connectivity index (χ3n) is 5.38. The molecule has 8 heteroatoms. The van der Waals surface area contributed by atoms with Crippen molar-refractivity contribution in [2.45, 2.75) is 32.4 Å². The summed E-state index contributed by atoms with van der Waals surface area (Å²) in [5.41, 5.74) is 8.42. The van der Waals surface area contributed by atoms with Gasteiger partial charge in [-0.05, 0) is 56.1 Å². The number of aromatic nitrogens is 3. The average Bonchev–Trinajstić information content (AvgIpc) is 3.35. The molecule has 154 valence electrons. The number of benzene rings is 1. The monoisotopic (exact) mass is 404 g/mol. The van der Waals surface area contributed by atoms with E-state index in [-0.39, 0.29) is 17.9 Å². The van der Waals surface area contributed by atoms with Crippen molar-refractivity contribution >= 4 is 17.5 Å². The number of hydrogen-bond donors (Lipinski definition) is 2. The second kappa shape index (κ2) is 8.46. The van der Waals surface area contributed by atoms with Gasteiger partial charge in [0, 0.05) is 18.4 Å². The largest absolute Gasteiger partial charge is 0.368 e. The predicted molar refractivity (Wildman–Crippen MR) is 113 cm³/mol. The minimum absolute atomic E-state index is 0.219. The number of likely N-dealkylation sites (tertiary alicyclic amines) is 1. The number of amides is 2. The minimum atomic E-state index is -0.280. The van der Waals surface area contributed by atoms with E-state index in [4.69, 9.17) is 5.73 Å². The van der Waals surface area contributed by atoms with E-state index in [1.54, 1.807) is 17.1 Å². The van der Waals surface area contributed by atoms with Gasteiger partial charge in [-0.1, -0.05) is 18.2 Å². The normalized spacial score (nSPS) is 16.5. The highest BCUT2D eigenvalue weighted by molar-refractivity contribution is 6.05. The van der Waals surface area contributed by atoms with Gasteiger partial charge < -0.3 is 11.1 Å². The van der Waals surface area contributed by atoms with Crippen LogP contribution in [0, 0.1) is 6.92 Å². The van der Waals surface area contributed by atoms with E-state index >= 15 is 0 Å². The maximum absolute atomic E-state index is 12.8. The average molecular weight is 404 g/mol. The zero-order chi connectivity index (χ0) is 21.1. The van der Waals surface area contributed by atoms with E-state index in [0.717, 1.165) is 24.9 Å². The number of nitrogens with zero attached hydrogens (tertiary/aromatic N) is 4. The van der Waals surface area contributed by atoms with Crippen LogP contribution in [0.3, 0.4) is 0 Å². The predicted octanol–water partition coefficient (Wildman–Crippen LogP) is 2.28. The van der Waals surface area contributed by atoms with E-state index in [2.05, 4.69) is 20.3 Å². The van der Waals surface area contributed by atoms with E-state index in [0.29, 0.717) is 29.3 Å². The number of primary amides is 1. The molecule has 1 unspecified atom stereocenters. The van der Waals surface area contributed by atoms with Gasteiger partial charge in [0.2, 0.25) is 5.91 Å². The summed E-state index contributed by atoms with van der Waals surface area (Å²) >= 11 is 0. The summed E-state index contributed by atoms with van der Waals surface area (Å²) in [4.78, 5) is 30.8. The Balaban J connectivity index is 1.47. The van der Waals surface area contributed by atoms with Gasteiger partial charge in [-0.25, -0.2) is 9.67 Å². The lowest BCUT2D eigenvalue weighted by Gasteiger charge is -2.22. The van der Waals surface area contributed by atoms with Crippen LogP contribution in [-0.4, -0.2) is 44.1 Å². The molecule has 2 amide bonds. The van der Waals surface area contributed by atoms with Gasteiger partial charge in [0.15, 0.2) is 5.82 Å². The minimum Gasteiger partial charge on any atom is -0.368 e. The highest BCUT2D eigenvalue weighted by Gasteiger charge is 2.28. The van der Waals surface area contributed by atoms with Crippen LogP contribution in [0.15, 0.2) is 54.9 Å². The lowest BCUT2D eigenvalue weighted by atomic mass is 10.1. The Kier molecular flexibility index (Phi) is 5.58. The van der Waals surface area contributed by atoms with E-state index in [1.165, 1.54) is 0 Å². The van der Waals surface area contributed by atoms with Crippen LogP contribution in [0.25, 0.3) is 5.82 Å². The molecule has 1 aliphatic rings. The smallest absolute Gasteiger partial charge is 0.259 e.